The predicted octanol–water partition coefficient (Wildman–Crippen LogP) is 2.97. The summed E-state index contributed by atoms with van der Waals surface area (Å²) in [6.07, 6.45) is 1.02. The van der Waals surface area contributed by atoms with Crippen LogP contribution in [0.4, 0.5) is 11.4 Å². The number of aromatic nitrogens is 1. The Labute approximate surface area is 225 Å². The monoisotopic (exact) mass is 530 g/mol. The summed E-state index contributed by atoms with van der Waals surface area (Å²) in [5, 5.41) is 5.78. The second-order valence-corrected chi connectivity index (χ2v) is 10.0. The molecule has 39 heavy (non-hydrogen) atoms. The summed E-state index contributed by atoms with van der Waals surface area (Å²) >= 11 is 0. The molecule has 6 rings (SSSR count). The number of hydrogen-bond acceptors (Lipinski definition) is 7. The zero-order valence-corrected chi connectivity index (χ0v) is 21.6. The number of piperidine rings is 1. The van der Waals surface area contributed by atoms with Gasteiger partial charge in [0.2, 0.25) is 6.79 Å². The van der Waals surface area contributed by atoms with E-state index < -0.39 is 0 Å². The van der Waals surface area contributed by atoms with Crippen molar-refractivity contribution in [2.75, 3.05) is 43.3 Å². The molecule has 0 unspecified atom stereocenters. The Balaban J connectivity index is 1.23. The summed E-state index contributed by atoms with van der Waals surface area (Å²) in [7, 11) is 0. The topological polar surface area (TPSA) is 111 Å². The summed E-state index contributed by atoms with van der Waals surface area (Å²) in [5.41, 5.74) is 2.92. The maximum Gasteiger partial charge on any atom is 0.262 e. The molecule has 3 aliphatic rings. The number of pyridine rings is 1. The minimum Gasteiger partial charge on any atom is -0.484 e. The Morgan fingerprint density at radius 3 is 2.77 bits per heavy atom. The van der Waals surface area contributed by atoms with Crippen molar-refractivity contribution < 1.29 is 23.8 Å². The largest absolute Gasteiger partial charge is 0.484 e. The highest BCUT2D eigenvalue weighted by Gasteiger charge is 2.35. The first-order valence-corrected chi connectivity index (χ1v) is 13.2. The minimum atomic E-state index is -0.351. The van der Waals surface area contributed by atoms with Gasteiger partial charge in [-0.15, -0.1) is 0 Å². The molecule has 2 atom stereocenters. The van der Waals surface area contributed by atoms with Gasteiger partial charge in [-0.3, -0.25) is 14.4 Å². The molecule has 2 amide bonds. The molecule has 2 N–H and O–H groups in total. The average Bonchev–Trinajstić information content (AvgIpc) is 3.41. The molecule has 4 heterocycles. The van der Waals surface area contributed by atoms with E-state index in [9.17, 15) is 14.4 Å². The van der Waals surface area contributed by atoms with Crippen molar-refractivity contribution >= 4 is 23.2 Å². The fourth-order valence-electron chi connectivity index (χ4n) is 5.71. The van der Waals surface area contributed by atoms with E-state index in [1.54, 1.807) is 36.4 Å². The van der Waals surface area contributed by atoms with E-state index in [1.807, 2.05) is 29.7 Å². The van der Waals surface area contributed by atoms with Crippen molar-refractivity contribution in [1.29, 1.82) is 0 Å². The number of carbonyl (C=O) groups is 2. The van der Waals surface area contributed by atoms with Crippen molar-refractivity contribution in [3.05, 3.63) is 76.2 Å². The maximum absolute atomic E-state index is 13.0. The molecule has 0 spiro atoms. The zero-order chi connectivity index (χ0) is 26.9. The van der Waals surface area contributed by atoms with Gasteiger partial charge < -0.3 is 34.3 Å². The van der Waals surface area contributed by atoms with Crippen LogP contribution in [0, 0.1) is 5.92 Å². The van der Waals surface area contributed by atoms with Gasteiger partial charge in [-0.2, -0.15) is 0 Å². The number of nitrogens with zero attached hydrogens (tertiary/aromatic N) is 2. The molecule has 1 saturated heterocycles. The van der Waals surface area contributed by atoms with Crippen LogP contribution in [-0.4, -0.2) is 49.4 Å². The normalized spacial score (nSPS) is 18.7. The number of amides is 2. The second kappa shape index (κ2) is 10.4. The van der Waals surface area contributed by atoms with Crippen molar-refractivity contribution in [2.45, 2.75) is 25.8 Å². The van der Waals surface area contributed by atoms with Gasteiger partial charge in [0.25, 0.3) is 17.4 Å². The van der Waals surface area contributed by atoms with Crippen LogP contribution in [-0.2, 0) is 11.3 Å². The van der Waals surface area contributed by atoms with Crippen LogP contribution in [0.5, 0.6) is 17.2 Å². The van der Waals surface area contributed by atoms with Crippen molar-refractivity contribution in [3.8, 4) is 17.2 Å². The van der Waals surface area contributed by atoms with Gasteiger partial charge in [0, 0.05) is 55.5 Å². The van der Waals surface area contributed by atoms with Crippen molar-refractivity contribution in [2.24, 2.45) is 5.92 Å². The molecule has 1 aromatic heterocycles. The molecular weight excluding hydrogens is 500 g/mol. The van der Waals surface area contributed by atoms with Crippen molar-refractivity contribution in [1.82, 2.24) is 9.88 Å². The Hall–Kier alpha value is -4.47. The molecular formula is C29H30N4O6. The molecule has 1 fully saturated rings. The summed E-state index contributed by atoms with van der Waals surface area (Å²) < 4.78 is 18.3. The average molecular weight is 531 g/mol. The highest BCUT2D eigenvalue weighted by atomic mass is 16.7. The lowest BCUT2D eigenvalue weighted by Crippen LogP contribution is -2.47. The molecule has 202 valence electrons. The maximum atomic E-state index is 13.0. The van der Waals surface area contributed by atoms with E-state index in [4.69, 9.17) is 14.2 Å². The third-order valence-electron chi connectivity index (χ3n) is 7.40. The van der Waals surface area contributed by atoms with E-state index in [2.05, 4.69) is 15.5 Å². The van der Waals surface area contributed by atoms with Gasteiger partial charge in [0.05, 0.1) is 11.4 Å². The first-order valence-electron chi connectivity index (χ1n) is 13.2. The Morgan fingerprint density at radius 2 is 1.90 bits per heavy atom. The third kappa shape index (κ3) is 5.01. The van der Waals surface area contributed by atoms with Crippen LogP contribution in [0.25, 0.3) is 0 Å². The summed E-state index contributed by atoms with van der Waals surface area (Å²) in [6.45, 7) is 4.42. The lowest BCUT2D eigenvalue weighted by atomic mass is 9.83. The number of carbonyl (C=O) groups excluding carboxylic acids is 2. The SMILES string of the molecule is CCNC(=O)c1ccc(N2C[C@H]3C[C@@H](C2)c2cccc(=O)n2C3)c(NC(=O)COc2ccc3c(c2)OCO3)c1. The summed E-state index contributed by atoms with van der Waals surface area (Å²) in [5.74, 6) is 1.64. The highest BCUT2D eigenvalue weighted by molar-refractivity contribution is 6.00. The fourth-order valence-corrected chi connectivity index (χ4v) is 5.71. The van der Waals surface area contributed by atoms with Gasteiger partial charge in [-0.05, 0) is 55.7 Å². The lowest BCUT2D eigenvalue weighted by molar-refractivity contribution is -0.118. The van der Waals surface area contributed by atoms with E-state index in [-0.39, 0.29) is 36.7 Å². The van der Waals surface area contributed by atoms with Crippen LogP contribution < -0.4 is 35.3 Å². The number of benzene rings is 2. The molecule has 0 aliphatic carbocycles. The van der Waals surface area contributed by atoms with Gasteiger partial charge in [-0.25, -0.2) is 0 Å². The van der Waals surface area contributed by atoms with Gasteiger partial charge in [0.1, 0.15) is 5.75 Å². The van der Waals surface area contributed by atoms with Gasteiger partial charge in [0.15, 0.2) is 18.1 Å². The van der Waals surface area contributed by atoms with E-state index >= 15 is 0 Å². The molecule has 2 bridgehead atoms. The minimum absolute atomic E-state index is 0.0392. The Bertz CT molecular complexity index is 1480. The van der Waals surface area contributed by atoms with Crippen molar-refractivity contribution in [3.63, 3.8) is 0 Å². The molecule has 0 radical (unpaired) electrons. The second-order valence-electron chi connectivity index (χ2n) is 10.0. The number of fused-ring (bicyclic) bond motifs is 5. The number of ether oxygens (including phenoxy) is 3. The van der Waals surface area contributed by atoms with Crippen LogP contribution in [0.15, 0.2) is 59.4 Å². The number of nitrogens with one attached hydrogen (secondary N) is 2. The smallest absolute Gasteiger partial charge is 0.262 e. The molecule has 3 aliphatic heterocycles. The molecule has 2 aromatic carbocycles. The molecule has 10 nitrogen and oxygen atoms in total. The van der Waals surface area contributed by atoms with Gasteiger partial charge >= 0.3 is 0 Å². The van der Waals surface area contributed by atoms with Crippen LogP contribution in [0.1, 0.15) is 35.3 Å². The first kappa shape index (κ1) is 24.8. The third-order valence-corrected chi connectivity index (χ3v) is 7.40. The summed E-state index contributed by atoms with van der Waals surface area (Å²) in [4.78, 5) is 40.3. The van der Waals surface area contributed by atoms with Crippen LogP contribution >= 0.6 is 0 Å². The van der Waals surface area contributed by atoms with Crippen LogP contribution in [0.2, 0.25) is 0 Å². The number of anilines is 2. The number of hydrogen-bond donors (Lipinski definition) is 2. The Kier molecular flexibility index (Phi) is 6.60. The summed E-state index contributed by atoms with van der Waals surface area (Å²) in [6, 6.07) is 16.0. The van der Waals surface area contributed by atoms with Crippen LogP contribution in [0.3, 0.4) is 0 Å². The standard InChI is InChI=1S/C29H30N4O6/c1-2-30-29(36)19-6-8-24(32-13-18-10-20(15-32)23-4-3-5-28(35)33(23)14-18)22(11-19)31-27(34)16-37-21-7-9-25-26(12-21)39-17-38-25/h3-9,11-12,18,20H,2,10,13-17H2,1H3,(H,30,36)(H,31,34)/t18-,20+/m1/s1. The quantitative estimate of drug-likeness (QED) is 0.483. The van der Waals surface area contributed by atoms with Gasteiger partial charge in [-0.1, -0.05) is 6.07 Å². The molecule has 3 aromatic rings. The van der Waals surface area contributed by atoms with E-state index in [0.29, 0.717) is 54.1 Å². The van der Waals surface area contributed by atoms with E-state index in [1.165, 1.54) is 0 Å². The zero-order valence-electron chi connectivity index (χ0n) is 21.6. The highest BCUT2D eigenvalue weighted by Crippen LogP contribution is 2.39. The predicted molar refractivity (Wildman–Crippen MR) is 145 cm³/mol. The lowest BCUT2D eigenvalue weighted by Gasteiger charge is -2.44. The molecule has 10 heteroatoms. The first-order chi connectivity index (χ1) is 19.0. The fraction of sp³-hybridized carbons (Fsp3) is 0.345. The molecule has 0 saturated carbocycles. The van der Waals surface area contributed by atoms with E-state index in [0.717, 1.165) is 24.3 Å². The Morgan fingerprint density at radius 1 is 1.03 bits per heavy atom. The number of rotatable bonds is 7.